The lowest BCUT2D eigenvalue weighted by Crippen LogP contribution is -2.08. The van der Waals surface area contributed by atoms with Crippen LogP contribution in [-0.2, 0) is 4.74 Å². The summed E-state index contributed by atoms with van der Waals surface area (Å²) in [5, 5.41) is 4.07. The summed E-state index contributed by atoms with van der Waals surface area (Å²) >= 11 is 0. The zero-order valence-corrected chi connectivity index (χ0v) is 10.0. The molecule has 0 aliphatic carbocycles. The van der Waals surface area contributed by atoms with Crippen molar-refractivity contribution in [1.82, 2.24) is 19.7 Å². The molecular formula is C11H12N4O3. The number of aromatic nitrogens is 4. The molecule has 0 atom stereocenters. The molecule has 2 aromatic rings. The Balaban J connectivity index is 2.29. The Hall–Kier alpha value is -2.44. The molecule has 0 N–H and O–H groups in total. The first-order chi connectivity index (χ1) is 8.74. The Labute approximate surface area is 103 Å². The number of methoxy groups -OCH3 is 1. The molecular weight excluding hydrogens is 236 g/mol. The van der Waals surface area contributed by atoms with E-state index < -0.39 is 5.97 Å². The van der Waals surface area contributed by atoms with Gasteiger partial charge in [0, 0.05) is 0 Å². The molecule has 18 heavy (non-hydrogen) atoms. The van der Waals surface area contributed by atoms with Gasteiger partial charge in [-0.05, 0) is 6.92 Å². The van der Waals surface area contributed by atoms with Crippen molar-refractivity contribution in [3.63, 3.8) is 0 Å². The summed E-state index contributed by atoms with van der Waals surface area (Å²) in [4.78, 5) is 19.3. The number of carbonyl (C=O) groups is 1. The van der Waals surface area contributed by atoms with Crippen LogP contribution in [0.25, 0.3) is 5.82 Å². The lowest BCUT2D eigenvalue weighted by molar-refractivity contribution is 0.0593. The van der Waals surface area contributed by atoms with Gasteiger partial charge in [-0.25, -0.2) is 14.5 Å². The number of esters is 1. The largest absolute Gasteiger partial charge is 0.491 e. The predicted octanol–water partition coefficient (Wildman–Crippen LogP) is 0.848. The molecule has 0 spiro atoms. The molecule has 0 aliphatic heterocycles. The molecule has 2 aromatic heterocycles. The highest BCUT2D eigenvalue weighted by Crippen LogP contribution is 2.11. The standard InChI is InChI=1S/C11H12N4O3/c1-3-18-8-4-13-15(7-8)10-6-12-5-9(14-10)11(16)17-2/h4-7H,3H2,1-2H3. The first-order valence-electron chi connectivity index (χ1n) is 5.32. The third-order valence-electron chi connectivity index (χ3n) is 2.12. The van der Waals surface area contributed by atoms with Crippen molar-refractivity contribution in [3.05, 3.63) is 30.5 Å². The van der Waals surface area contributed by atoms with E-state index in [9.17, 15) is 4.79 Å². The normalized spacial score (nSPS) is 10.1. The van der Waals surface area contributed by atoms with Gasteiger partial charge in [-0.2, -0.15) is 5.10 Å². The van der Waals surface area contributed by atoms with Crippen LogP contribution >= 0.6 is 0 Å². The van der Waals surface area contributed by atoms with Gasteiger partial charge in [-0.1, -0.05) is 0 Å². The third-order valence-corrected chi connectivity index (χ3v) is 2.12. The van der Waals surface area contributed by atoms with Crippen molar-refractivity contribution < 1.29 is 14.3 Å². The van der Waals surface area contributed by atoms with Crippen LogP contribution in [-0.4, -0.2) is 39.4 Å². The van der Waals surface area contributed by atoms with Gasteiger partial charge in [-0.3, -0.25) is 4.98 Å². The van der Waals surface area contributed by atoms with Gasteiger partial charge in [0.05, 0.1) is 38.5 Å². The Morgan fingerprint density at radius 1 is 1.39 bits per heavy atom. The minimum atomic E-state index is -0.540. The van der Waals surface area contributed by atoms with E-state index in [1.54, 1.807) is 12.4 Å². The summed E-state index contributed by atoms with van der Waals surface area (Å²) in [6.45, 7) is 2.44. The van der Waals surface area contributed by atoms with Gasteiger partial charge in [-0.15, -0.1) is 0 Å². The molecule has 7 nitrogen and oxygen atoms in total. The van der Waals surface area contributed by atoms with Crippen molar-refractivity contribution in [3.8, 4) is 11.6 Å². The van der Waals surface area contributed by atoms with E-state index in [2.05, 4.69) is 19.8 Å². The molecule has 0 fully saturated rings. The Morgan fingerprint density at radius 2 is 2.22 bits per heavy atom. The maximum Gasteiger partial charge on any atom is 0.358 e. The van der Waals surface area contributed by atoms with Crippen LogP contribution in [0.15, 0.2) is 24.8 Å². The fourth-order valence-electron chi connectivity index (χ4n) is 1.34. The maximum atomic E-state index is 11.3. The average molecular weight is 248 g/mol. The Morgan fingerprint density at radius 3 is 2.94 bits per heavy atom. The van der Waals surface area contributed by atoms with E-state index in [-0.39, 0.29) is 5.69 Å². The lowest BCUT2D eigenvalue weighted by atomic mass is 10.4. The quantitative estimate of drug-likeness (QED) is 0.746. The number of rotatable bonds is 4. The number of ether oxygens (including phenoxy) is 2. The second-order valence-electron chi connectivity index (χ2n) is 3.31. The van der Waals surface area contributed by atoms with Crippen LogP contribution in [0.1, 0.15) is 17.4 Å². The summed E-state index contributed by atoms with van der Waals surface area (Å²) < 4.78 is 11.3. The first kappa shape index (κ1) is 12.0. The SMILES string of the molecule is CCOc1cnn(-c2cncc(C(=O)OC)n2)c1. The molecule has 0 unspecified atom stereocenters. The molecule has 0 bridgehead atoms. The second-order valence-corrected chi connectivity index (χ2v) is 3.31. The minimum Gasteiger partial charge on any atom is -0.491 e. The van der Waals surface area contributed by atoms with E-state index in [1.807, 2.05) is 6.92 Å². The van der Waals surface area contributed by atoms with Crippen LogP contribution in [0.5, 0.6) is 5.75 Å². The summed E-state index contributed by atoms with van der Waals surface area (Å²) in [6, 6.07) is 0. The molecule has 94 valence electrons. The monoisotopic (exact) mass is 248 g/mol. The smallest absolute Gasteiger partial charge is 0.358 e. The zero-order valence-electron chi connectivity index (χ0n) is 10.0. The first-order valence-corrected chi connectivity index (χ1v) is 5.32. The van der Waals surface area contributed by atoms with Crippen LogP contribution < -0.4 is 4.74 Å². The molecule has 0 radical (unpaired) electrons. The highest BCUT2D eigenvalue weighted by Gasteiger charge is 2.10. The minimum absolute atomic E-state index is 0.128. The Bertz CT molecular complexity index is 553. The van der Waals surface area contributed by atoms with Crippen molar-refractivity contribution in [2.75, 3.05) is 13.7 Å². The van der Waals surface area contributed by atoms with Gasteiger partial charge in [0.2, 0.25) is 0 Å². The highest BCUT2D eigenvalue weighted by atomic mass is 16.5. The summed E-state index contributed by atoms with van der Waals surface area (Å²) in [5.41, 5.74) is 0.128. The predicted molar refractivity (Wildman–Crippen MR) is 61.7 cm³/mol. The molecule has 0 saturated carbocycles. The van der Waals surface area contributed by atoms with Gasteiger partial charge in [0.1, 0.15) is 0 Å². The van der Waals surface area contributed by atoms with Crippen molar-refractivity contribution >= 4 is 5.97 Å². The molecule has 7 heteroatoms. The van der Waals surface area contributed by atoms with Crippen LogP contribution in [0.3, 0.4) is 0 Å². The summed E-state index contributed by atoms with van der Waals surface area (Å²) in [7, 11) is 1.29. The van der Waals surface area contributed by atoms with Gasteiger partial charge in [0.15, 0.2) is 17.3 Å². The number of hydrogen-bond acceptors (Lipinski definition) is 6. The van der Waals surface area contributed by atoms with Crippen LogP contribution in [0.2, 0.25) is 0 Å². The molecule has 2 heterocycles. The molecule has 0 saturated heterocycles. The molecule has 0 aliphatic rings. The van der Waals surface area contributed by atoms with Crippen molar-refractivity contribution in [2.45, 2.75) is 6.92 Å². The maximum absolute atomic E-state index is 11.3. The van der Waals surface area contributed by atoms with Gasteiger partial charge in [0.25, 0.3) is 0 Å². The molecule has 2 rings (SSSR count). The van der Waals surface area contributed by atoms with Crippen molar-refractivity contribution in [1.29, 1.82) is 0 Å². The van der Waals surface area contributed by atoms with Gasteiger partial charge < -0.3 is 9.47 Å². The summed E-state index contributed by atoms with van der Waals surface area (Å²) in [5.74, 6) is 0.508. The zero-order chi connectivity index (χ0) is 13.0. The van der Waals surface area contributed by atoms with E-state index in [1.165, 1.54) is 24.2 Å². The molecule has 0 amide bonds. The van der Waals surface area contributed by atoms with Crippen LogP contribution in [0.4, 0.5) is 0 Å². The Kier molecular flexibility index (Phi) is 3.52. The average Bonchev–Trinajstić information content (AvgIpc) is 2.87. The lowest BCUT2D eigenvalue weighted by Gasteiger charge is -2.02. The van der Waals surface area contributed by atoms with E-state index in [4.69, 9.17) is 4.74 Å². The highest BCUT2D eigenvalue weighted by molar-refractivity contribution is 5.86. The topological polar surface area (TPSA) is 79.1 Å². The van der Waals surface area contributed by atoms with Crippen LogP contribution in [0, 0.1) is 0 Å². The van der Waals surface area contributed by atoms with Crippen molar-refractivity contribution in [2.24, 2.45) is 0 Å². The van der Waals surface area contributed by atoms with E-state index >= 15 is 0 Å². The summed E-state index contributed by atoms with van der Waals surface area (Å²) in [6.07, 6.45) is 6.06. The third kappa shape index (κ3) is 2.45. The molecule has 0 aromatic carbocycles. The number of nitrogens with zero attached hydrogens (tertiary/aromatic N) is 4. The number of carbonyl (C=O) groups excluding carboxylic acids is 1. The number of hydrogen-bond donors (Lipinski definition) is 0. The van der Waals surface area contributed by atoms with E-state index in [0.29, 0.717) is 18.2 Å². The second kappa shape index (κ2) is 5.26. The fourth-order valence-corrected chi connectivity index (χ4v) is 1.34. The van der Waals surface area contributed by atoms with Gasteiger partial charge >= 0.3 is 5.97 Å². The van der Waals surface area contributed by atoms with E-state index in [0.717, 1.165) is 0 Å². The fraction of sp³-hybridized carbons (Fsp3) is 0.273.